The van der Waals surface area contributed by atoms with E-state index in [2.05, 4.69) is 5.32 Å². The summed E-state index contributed by atoms with van der Waals surface area (Å²) in [4.78, 5) is 26.7. The van der Waals surface area contributed by atoms with E-state index in [9.17, 15) is 9.59 Å². The largest absolute Gasteiger partial charge is 0.466 e. The molecule has 0 spiro atoms. The normalized spacial score (nSPS) is 17.3. The van der Waals surface area contributed by atoms with Crippen molar-refractivity contribution in [2.75, 3.05) is 7.11 Å². The first-order valence-corrected chi connectivity index (χ1v) is 8.08. The third kappa shape index (κ3) is 3.40. The number of nitrogens with one attached hydrogen (secondary N) is 1. The summed E-state index contributed by atoms with van der Waals surface area (Å²) in [6.07, 6.45) is 0. The van der Waals surface area contributed by atoms with Gasteiger partial charge in [-0.05, 0) is 18.1 Å². The van der Waals surface area contributed by atoms with Crippen LogP contribution in [0.4, 0.5) is 4.79 Å². The Morgan fingerprint density at radius 3 is 2.28 bits per heavy atom. The van der Waals surface area contributed by atoms with E-state index < -0.39 is 12.0 Å². The summed E-state index contributed by atoms with van der Waals surface area (Å²) in [5, 5.41) is 2.93. The smallest absolute Gasteiger partial charge is 0.337 e. The second kappa shape index (κ2) is 7.21. The fraction of sp³-hybridized carbons (Fsp3) is 0.200. The summed E-state index contributed by atoms with van der Waals surface area (Å²) >= 11 is 0. The molecule has 1 aliphatic heterocycles. The van der Waals surface area contributed by atoms with Crippen molar-refractivity contribution in [2.24, 2.45) is 0 Å². The number of hydrogen-bond donors (Lipinski definition) is 1. The highest BCUT2D eigenvalue weighted by molar-refractivity contribution is 5.94. The highest BCUT2D eigenvalue weighted by Gasteiger charge is 2.36. The van der Waals surface area contributed by atoms with Crippen molar-refractivity contribution in [1.82, 2.24) is 10.2 Å². The molecular formula is C20H20N2O3. The third-order valence-corrected chi connectivity index (χ3v) is 4.32. The monoisotopic (exact) mass is 336 g/mol. The van der Waals surface area contributed by atoms with Crippen LogP contribution < -0.4 is 5.32 Å². The minimum absolute atomic E-state index is 0.233. The van der Waals surface area contributed by atoms with E-state index in [1.54, 1.807) is 11.8 Å². The zero-order chi connectivity index (χ0) is 17.8. The minimum Gasteiger partial charge on any atom is -0.466 e. The van der Waals surface area contributed by atoms with Gasteiger partial charge >= 0.3 is 12.0 Å². The summed E-state index contributed by atoms with van der Waals surface area (Å²) in [6, 6.07) is 18.3. The lowest BCUT2D eigenvalue weighted by atomic mass is 9.95. The van der Waals surface area contributed by atoms with Gasteiger partial charge in [0.1, 0.15) is 0 Å². The van der Waals surface area contributed by atoms with Crippen LogP contribution in [0, 0.1) is 0 Å². The van der Waals surface area contributed by atoms with Gasteiger partial charge in [0.15, 0.2) is 0 Å². The van der Waals surface area contributed by atoms with Gasteiger partial charge in [0.2, 0.25) is 0 Å². The van der Waals surface area contributed by atoms with E-state index in [1.807, 2.05) is 60.7 Å². The first-order valence-electron chi connectivity index (χ1n) is 8.08. The first kappa shape index (κ1) is 16.8. The lowest BCUT2D eigenvalue weighted by molar-refractivity contribution is -0.136. The molecule has 3 rings (SSSR count). The molecule has 1 heterocycles. The summed E-state index contributed by atoms with van der Waals surface area (Å²) in [6.45, 7) is 2.17. The molecule has 2 aromatic rings. The molecule has 1 atom stereocenters. The highest BCUT2D eigenvalue weighted by atomic mass is 16.5. The van der Waals surface area contributed by atoms with E-state index in [1.165, 1.54) is 7.11 Å². The molecule has 2 aromatic carbocycles. The maximum Gasteiger partial charge on any atom is 0.337 e. The molecular weight excluding hydrogens is 316 g/mol. The van der Waals surface area contributed by atoms with Gasteiger partial charge in [-0.3, -0.25) is 4.90 Å². The maximum absolute atomic E-state index is 12.7. The topological polar surface area (TPSA) is 58.6 Å². The Balaban J connectivity index is 2.02. The highest BCUT2D eigenvalue weighted by Crippen LogP contribution is 2.31. The number of amides is 2. The molecule has 0 aromatic heterocycles. The van der Waals surface area contributed by atoms with Crippen LogP contribution in [-0.4, -0.2) is 24.0 Å². The molecule has 5 heteroatoms. The number of hydrogen-bond acceptors (Lipinski definition) is 3. The van der Waals surface area contributed by atoms with Gasteiger partial charge in [0.05, 0.1) is 25.3 Å². The molecule has 0 aliphatic carbocycles. The van der Waals surface area contributed by atoms with Crippen LogP contribution in [0.15, 0.2) is 71.9 Å². The lowest BCUT2D eigenvalue weighted by Gasteiger charge is -2.35. The fourth-order valence-electron chi connectivity index (χ4n) is 3.01. The van der Waals surface area contributed by atoms with Crippen LogP contribution in [0.1, 0.15) is 24.1 Å². The molecule has 0 bridgehead atoms. The van der Waals surface area contributed by atoms with Crippen molar-refractivity contribution in [3.63, 3.8) is 0 Å². The fourth-order valence-corrected chi connectivity index (χ4v) is 3.01. The number of nitrogens with zero attached hydrogens (tertiary/aromatic N) is 1. The number of urea groups is 1. The number of carbonyl (C=O) groups is 2. The molecule has 5 nitrogen and oxygen atoms in total. The number of methoxy groups -OCH3 is 1. The van der Waals surface area contributed by atoms with E-state index in [0.29, 0.717) is 17.8 Å². The van der Waals surface area contributed by atoms with Gasteiger partial charge < -0.3 is 10.1 Å². The van der Waals surface area contributed by atoms with Gasteiger partial charge in [-0.25, -0.2) is 9.59 Å². The van der Waals surface area contributed by atoms with Crippen LogP contribution >= 0.6 is 0 Å². The molecule has 0 unspecified atom stereocenters. The first-order chi connectivity index (χ1) is 12.1. The summed E-state index contributed by atoms with van der Waals surface area (Å²) in [5.74, 6) is -0.440. The summed E-state index contributed by atoms with van der Waals surface area (Å²) in [5.41, 5.74) is 2.88. The van der Waals surface area contributed by atoms with Crippen molar-refractivity contribution >= 4 is 12.0 Å². The summed E-state index contributed by atoms with van der Waals surface area (Å²) < 4.78 is 4.97. The van der Waals surface area contributed by atoms with Crippen molar-refractivity contribution in [1.29, 1.82) is 0 Å². The number of benzene rings is 2. The molecule has 1 aliphatic rings. The number of carbonyl (C=O) groups excluding carboxylic acids is 2. The predicted octanol–water partition coefficient (Wildman–Crippen LogP) is 3.40. The van der Waals surface area contributed by atoms with E-state index in [-0.39, 0.29) is 6.03 Å². The van der Waals surface area contributed by atoms with E-state index in [0.717, 1.165) is 11.1 Å². The Hall–Kier alpha value is -3.08. The summed E-state index contributed by atoms with van der Waals surface area (Å²) in [7, 11) is 1.35. The third-order valence-electron chi connectivity index (χ3n) is 4.32. The molecule has 25 heavy (non-hydrogen) atoms. The van der Waals surface area contributed by atoms with E-state index >= 15 is 0 Å². The maximum atomic E-state index is 12.7. The average molecular weight is 336 g/mol. The van der Waals surface area contributed by atoms with Crippen LogP contribution in [0.2, 0.25) is 0 Å². The minimum atomic E-state index is -0.520. The Bertz CT molecular complexity index is 800. The Morgan fingerprint density at radius 2 is 1.68 bits per heavy atom. The van der Waals surface area contributed by atoms with Gasteiger partial charge in [0, 0.05) is 5.70 Å². The van der Waals surface area contributed by atoms with Crippen LogP contribution in [-0.2, 0) is 16.1 Å². The zero-order valence-electron chi connectivity index (χ0n) is 14.2. The molecule has 2 amide bonds. The van der Waals surface area contributed by atoms with Crippen molar-refractivity contribution < 1.29 is 14.3 Å². The van der Waals surface area contributed by atoms with Gasteiger partial charge in [-0.1, -0.05) is 60.7 Å². The Labute approximate surface area is 146 Å². The Kier molecular flexibility index (Phi) is 4.84. The van der Waals surface area contributed by atoms with Gasteiger partial charge in [0.25, 0.3) is 0 Å². The number of esters is 1. The number of allylic oxidation sites excluding steroid dienone is 1. The van der Waals surface area contributed by atoms with Crippen molar-refractivity contribution in [3.05, 3.63) is 83.1 Å². The van der Waals surface area contributed by atoms with Gasteiger partial charge in [-0.2, -0.15) is 0 Å². The van der Waals surface area contributed by atoms with Crippen LogP contribution in [0.25, 0.3) is 0 Å². The van der Waals surface area contributed by atoms with Gasteiger partial charge in [-0.15, -0.1) is 0 Å². The van der Waals surface area contributed by atoms with Crippen molar-refractivity contribution in [2.45, 2.75) is 19.5 Å². The molecule has 0 radical (unpaired) electrons. The lowest BCUT2D eigenvalue weighted by Crippen LogP contribution is -2.47. The molecule has 0 saturated carbocycles. The second-order valence-corrected chi connectivity index (χ2v) is 5.86. The molecule has 128 valence electrons. The number of rotatable bonds is 4. The predicted molar refractivity (Wildman–Crippen MR) is 94.4 cm³/mol. The van der Waals surface area contributed by atoms with Crippen molar-refractivity contribution in [3.8, 4) is 0 Å². The zero-order valence-corrected chi connectivity index (χ0v) is 14.2. The quantitative estimate of drug-likeness (QED) is 0.871. The average Bonchev–Trinajstić information content (AvgIpc) is 2.65. The molecule has 0 saturated heterocycles. The molecule has 1 N–H and O–H groups in total. The molecule has 0 fully saturated rings. The second-order valence-electron chi connectivity index (χ2n) is 5.86. The standard InChI is InChI=1S/C20H20N2O3/c1-14-17(19(23)25-2)18(16-11-7-4-8-12-16)21-20(24)22(14)13-15-9-5-3-6-10-15/h3-12,18H,13H2,1-2H3,(H,21,24)/t18-/m1/s1. The van der Waals surface area contributed by atoms with Crippen LogP contribution in [0.5, 0.6) is 0 Å². The van der Waals surface area contributed by atoms with E-state index in [4.69, 9.17) is 4.74 Å². The Morgan fingerprint density at radius 1 is 1.08 bits per heavy atom. The SMILES string of the molecule is COC(=O)C1=C(C)N(Cc2ccccc2)C(=O)N[C@@H]1c1ccccc1. The number of ether oxygens (including phenoxy) is 1. The van der Waals surface area contributed by atoms with Crippen LogP contribution in [0.3, 0.4) is 0 Å².